The van der Waals surface area contributed by atoms with Crippen LogP contribution in [0.15, 0.2) is 101 Å². The number of benzene rings is 4. The minimum absolute atomic E-state index is 0.0506. The van der Waals surface area contributed by atoms with Gasteiger partial charge in [0.15, 0.2) is 11.5 Å². The molecule has 2 saturated heterocycles. The molecule has 0 bridgehead atoms. The van der Waals surface area contributed by atoms with Gasteiger partial charge in [-0.05, 0) is 97.0 Å². The van der Waals surface area contributed by atoms with E-state index < -0.39 is 52.6 Å². The largest absolute Gasteiger partial charge is 0.508 e. The van der Waals surface area contributed by atoms with E-state index in [-0.39, 0.29) is 48.4 Å². The number of halogens is 3. The van der Waals surface area contributed by atoms with Crippen molar-refractivity contribution in [1.29, 1.82) is 0 Å². The highest BCUT2D eigenvalue weighted by molar-refractivity contribution is 9.10. The van der Waals surface area contributed by atoms with E-state index in [1.807, 2.05) is 6.08 Å². The van der Waals surface area contributed by atoms with Crippen molar-refractivity contribution in [2.75, 3.05) is 19.1 Å². The number of carbonyl (C=O) groups excluding carboxylic acids is 4. The number of anilines is 1. The average molecular weight is 815 g/mol. The molecule has 4 aromatic rings. The van der Waals surface area contributed by atoms with Crippen molar-refractivity contribution >= 4 is 56.8 Å². The molecule has 3 fully saturated rings. The fraction of sp³-hybridized carbons (Fsp3) is 0.268. The fourth-order valence-corrected chi connectivity index (χ4v) is 9.74. The summed E-state index contributed by atoms with van der Waals surface area (Å²) in [7, 11) is 1.41. The van der Waals surface area contributed by atoms with Crippen molar-refractivity contribution in [2.45, 2.75) is 30.6 Å². The number of methoxy groups -OCH3 is 1. The predicted molar refractivity (Wildman–Crippen MR) is 200 cm³/mol. The van der Waals surface area contributed by atoms with E-state index in [2.05, 4.69) is 21.4 Å². The van der Waals surface area contributed by atoms with Crippen molar-refractivity contribution in [1.82, 2.24) is 9.91 Å². The number of rotatable bonds is 8. The van der Waals surface area contributed by atoms with Gasteiger partial charge >= 0.3 is 0 Å². The van der Waals surface area contributed by atoms with Gasteiger partial charge in [0.05, 0.1) is 36.0 Å². The van der Waals surface area contributed by atoms with Gasteiger partial charge in [-0.2, -0.15) is 5.01 Å². The number of phenolic OH excluding ortho intramolecular Hbond substituents is 2. The molecule has 276 valence electrons. The third-order valence-electron chi connectivity index (χ3n) is 11.5. The molecule has 4 amide bonds. The summed E-state index contributed by atoms with van der Waals surface area (Å²) in [5.74, 6) is -6.59. The number of hydrazine groups is 1. The van der Waals surface area contributed by atoms with E-state index in [0.29, 0.717) is 38.3 Å². The van der Waals surface area contributed by atoms with Crippen LogP contribution >= 0.6 is 27.5 Å². The number of hydrogen-bond donors (Lipinski definition) is 3. The maximum Gasteiger partial charge on any atom is 0.260 e. The molecule has 10 nitrogen and oxygen atoms in total. The molecule has 2 aliphatic carbocycles. The zero-order chi connectivity index (χ0) is 38.1. The molecule has 2 heterocycles. The van der Waals surface area contributed by atoms with Gasteiger partial charge in [-0.1, -0.05) is 63.4 Å². The molecule has 0 aromatic heterocycles. The molecule has 0 unspecified atom stereocenters. The zero-order valence-corrected chi connectivity index (χ0v) is 31.2. The molecule has 4 aromatic carbocycles. The first-order valence-corrected chi connectivity index (χ1v) is 18.7. The molecule has 0 radical (unpaired) electrons. The maximum absolute atomic E-state index is 15.3. The van der Waals surface area contributed by atoms with Crippen LogP contribution in [0.1, 0.15) is 35.4 Å². The number of hydrogen-bond acceptors (Lipinski definition) is 8. The highest BCUT2D eigenvalue weighted by atomic mass is 79.9. The minimum atomic E-state index is -1.67. The summed E-state index contributed by atoms with van der Waals surface area (Å²) in [6, 6.07) is 21.8. The van der Waals surface area contributed by atoms with Crippen molar-refractivity contribution < 1.29 is 38.5 Å². The first-order chi connectivity index (χ1) is 25.9. The predicted octanol–water partition coefficient (Wildman–Crippen LogP) is 6.89. The summed E-state index contributed by atoms with van der Waals surface area (Å²) in [4.78, 5) is 59.8. The highest BCUT2D eigenvalue weighted by Gasteiger charge is 2.70. The lowest BCUT2D eigenvalue weighted by atomic mass is 9.49. The lowest BCUT2D eigenvalue weighted by Gasteiger charge is -2.50. The number of phenols is 2. The maximum atomic E-state index is 15.3. The number of carbonyl (C=O) groups is 4. The number of ether oxygens (including phenoxy) is 1. The lowest BCUT2D eigenvalue weighted by molar-refractivity contribution is -0.141. The molecule has 54 heavy (non-hydrogen) atoms. The molecule has 6 atom stereocenters. The lowest BCUT2D eigenvalue weighted by Crippen LogP contribution is -2.53. The standard InChI is InChI=1S/C41H34BrClFN3O7/c1-54-33-19-23(42)18-31(36(33)49)35-28-14-15-29-34(39(52)46(37(29)50)17-16-21-2-12-27(48)13-3-21)30(28)20-32-38(51)47(45-26-10-8-25(44)9-11-26)40(53)41(32,35)22-4-6-24(43)7-5-22/h2-14,18-19,29-30,32,34-35,45,48-49H,15-17,20H2,1H3/t29-,30+,32-,34-,35+,41+/m0/s1. The first kappa shape index (κ1) is 35.8. The summed E-state index contributed by atoms with van der Waals surface area (Å²) in [6.45, 7) is 0.134. The van der Waals surface area contributed by atoms with Crippen LogP contribution in [0, 0.1) is 29.5 Å². The highest BCUT2D eigenvalue weighted by Crippen LogP contribution is 2.65. The van der Waals surface area contributed by atoms with Crippen molar-refractivity contribution in [3.05, 3.63) is 129 Å². The van der Waals surface area contributed by atoms with Crippen LogP contribution in [0.4, 0.5) is 10.1 Å². The first-order valence-electron chi connectivity index (χ1n) is 17.5. The molecule has 3 N–H and O–H groups in total. The summed E-state index contributed by atoms with van der Waals surface area (Å²) >= 11 is 9.91. The van der Waals surface area contributed by atoms with Crippen LogP contribution in [0.25, 0.3) is 0 Å². The Hall–Kier alpha value is -5.20. The Kier molecular flexibility index (Phi) is 9.01. The third kappa shape index (κ3) is 5.57. The topological polar surface area (TPSA) is 136 Å². The van der Waals surface area contributed by atoms with E-state index in [9.17, 15) is 29.0 Å². The summed E-state index contributed by atoms with van der Waals surface area (Å²) in [5, 5.41) is 23.0. The van der Waals surface area contributed by atoms with Crippen LogP contribution < -0.4 is 10.2 Å². The van der Waals surface area contributed by atoms with Gasteiger partial charge in [-0.3, -0.25) is 29.5 Å². The van der Waals surface area contributed by atoms with Crippen LogP contribution in [-0.4, -0.2) is 57.4 Å². The monoisotopic (exact) mass is 813 g/mol. The number of nitrogens with one attached hydrogen (secondary N) is 1. The summed E-state index contributed by atoms with van der Waals surface area (Å²) in [6.07, 6.45) is 2.55. The smallest absolute Gasteiger partial charge is 0.260 e. The zero-order valence-electron chi connectivity index (χ0n) is 28.8. The number of nitrogens with zero attached hydrogens (tertiary/aromatic N) is 2. The molecule has 8 rings (SSSR count). The third-order valence-corrected chi connectivity index (χ3v) is 12.2. The van der Waals surface area contributed by atoms with E-state index in [0.717, 1.165) is 10.6 Å². The number of imide groups is 2. The Bertz CT molecular complexity index is 2230. The Morgan fingerprint density at radius 1 is 0.926 bits per heavy atom. The summed E-state index contributed by atoms with van der Waals surface area (Å²) < 4.78 is 20.0. The molecule has 2 aliphatic heterocycles. The summed E-state index contributed by atoms with van der Waals surface area (Å²) in [5.41, 5.74) is 3.80. The normalized spacial score (nSPS) is 26.0. The molecule has 13 heteroatoms. The number of allylic oxidation sites excluding steroid dienone is 2. The molecule has 4 aliphatic rings. The molecule has 1 saturated carbocycles. The second kappa shape index (κ2) is 13.6. The Morgan fingerprint density at radius 2 is 1.63 bits per heavy atom. The van der Waals surface area contributed by atoms with Crippen LogP contribution in [0.5, 0.6) is 17.2 Å². The van der Waals surface area contributed by atoms with Crippen LogP contribution in [0.2, 0.25) is 5.02 Å². The van der Waals surface area contributed by atoms with Crippen molar-refractivity contribution in [3.63, 3.8) is 0 Å². The van der Waals surface area contributed by atoms with E-state index >= 15 is 4.79 Å². The molecule has 0 spiro atoms. The van der Waals surface area contributed by atoms with Crippen molar-refractivity contribution in [3.8, 4) is 17.2 Å². The van der Waals surface area contributed by atoms with E-state index in [1.165, 1.54) is 36.3 Å². The van der Waals surface area contributed by atoms with Crippen molar-refractivity contribution in [2.24, 2.45) is 23.7 Å². The van der Waals surface area contributed by atoms with Crippen LogP contribution in [-0.2, 0) is 31.0 Å². The second-order valence-electron chi connectivity index (χ2n) is 14.2. The quantitative estimate of drug-likeness (QED) is 0.129. The second-order valence-corrected chi connectivity index (χ2v) is 15.5. The van der Waals surface area contributed by atoms with Gasteiger partial charge in [0, 0.05) is 27.5 Å². The van der Waals surface area contributed by atoms with Gasteiger partial charge in [0.1, 0.15) is 11.6 Å². The fourth-order valence-electron chi connectivity index (χ4n) is 9.16. The van der Waals surface area contributed by atoms with E-state index in [1.54, 1.807) is 60.7 Å². The molecular formula is C41H34BrClFN3O7. The van der Waals surface area contributed by atoms with Gasteiger partial charge in [0.2, 0.25) is 11.8 Å². The van der Waals surface area contributed by atoms with Gasteiger partial charge in [0.25, 0.3) is 11.8 Å². The van der Waals surface area contributed by atoms with Gasteiger partial charge in [-0.15, -0.1) is 0 Å². The molecular weight excluding hydrogens is 781 g/mol. The Morgan fingerprint density at radius 3 is 2.31 bits per heavy atom. The Labute approximate surface area is 323 Å². The number of amides is 4. The Balaban J connectivity index is 1.29. The SMILES string of the molecule is COc1cc(Br)cc([C@H]2C3=CC[C@@H]4C(=O)N(CCc5ccc(O)cc5)C(=O)[C@@H]4[C@@H]3C[C@H]3C(=O)N(Nc4ccc(F)cc4)C(=O)[C@@]23c2ccc(Cl)cc2)c1O. The van der Waals surface area contributed by atoms with E-state index in [4.69, 9.17) is 16.3 Å². The van der Waals surface area contributed by atoms with Crippen LogP contribution in [0.3, 0.4) is 0 Å². The van der Waals surface area contributed by atoms with Gasteiger partial charge < -0.3 is 14.9 Å². The number of fused-ring (bicyclic) bond motifs is 4. The van der Waals surface area contributed by atoms with Gasteiger partial charge in [-0.25, -0.2) is 4.39 Å². The number of likely N-dealkylation sites (tertiary alicyclic amines) is 1. The number of aromatic hydroxyl groups is 2. The minimum Gasteiger partial charge on any atom is -0.508 e. The average Bonchev–Trinajstić information content (AvgIpc) is 3.53.